The Hall–Kier alpha value is -2.39. The highest BCUT2D eigenvalue weighted by atomic mass is 32.2. The molecule has 0 unspecified atom stereocenters. The van der Waals surface area contributed by atoms with Crippen LogP contribution in [-0.2, 0) is 14.8 Å². The van der Waals surface area contributed by atoms with Gasteiger partial charge in [0.25, 0.3) is 0 Å². The van der Waals surface area contributed by atoms with Crippen LogP contribution in [0.25, 0.3) is 0 Å². The van der Waals surface area contributed by atoms with E-state index < -0.39 is 22.2 Å². The Bertz CT molecular complexity index is 813. The van der Waals surface area contributed by atoms with E-state index in [4.69, 9.17) is 15.2 Å². The molecule has 0 radical (unpaired) electrons. The van der Waals surface area contributed by atoms with Crippen molar-refractivity contribution in [3.8, 4) is 6.07 Å². The molecular formula is C15H19F3N4O4S. The van der Waals surface area contributed by atoms with Crippen LogP contribution in [0.3, 0.4) is 0 Å². The van der Waals surface area contributed by atoms with E-state index in [-0.39, 0.29) is 6.04 Å². The molecule has 2 rings (SSSR count). The van der Waals surface area contributed by atoms with Crippen LogP contribution in [0.1, 0.15) is 24.1 Å². The van der Waals surface area contributed by atoms with Gasteiger partial charge in [0.05, 0.1) is 11.8 Å². The Morgan fingerprint density at radius 2 is 1.89 bits per heavy atom. The number of aliphatic carboxylic acids is 1. The third kappa shape index (κ3) is 7.79. The second kappa shape index (κ2) is 9.01. The molecule has 0 saturated carbocycles. The first-order chi connectivity index (χ1) is 12.3. The minimum atomic E-state index is -5.08. The van der Waals surface area contributed by atoms with Gasteiger partial charge in [-0.05, 0) is 31.9 Å². The summed E-state index contributed by atoms with van der Waals surface area (Å²) in [4.78, 5) is 15.4. The minimum Gasteiger partial charge on any atom is -0.475 e. The van der Waals surface area contributed by atoms with Gasteiger partial charge in [-0.25, -0.2) is 22.9 Å². The zero-order valence-electron chi connectivity index (χ0n) is 14.6. The average molecular weight is 408 g/mol. The number of alkyl halides is 3. The van der Waals surface area contributed by atoms with Crippen molar-refractivity contribution in [3.05, 3.63) is 23.4 Å². The van der Waals surface area contributed by atoms with E-state index >= 15 is 0 Å². The maximum atomic E-state index is 11.2. The number of aromatic nitrogens is 1. The standard InChI is InChI=1S/C13H18N4O2S.C2HF3O2/c1-10-3-4-11(9-14)13(15-10)17-7-5-12(6-8-17)16-20(2,18)19;3-2(4,5)1(6)7/h3-4,12,16H,5-8H2,1-2H3;(H,6,7). The number of nitrogens with zero attached hydrogens (tertiary/aromatic N) is 3. The molecule has 0 atom stereocenters. The van der Waals surface area contributed by atoms with Crippen molar-refractivity contribution < 1.29 is 31.5 Å². The normalized spacial score (nSPS) is 15.5. The molecule has 0 bridgehead atoms. The Labute approximate surface area is 154 Å². The van der Waals surface area contributed by atoms with Crippen molar-refractivity contribution in [2.24, 2.45) is 0 Å². The predicted molar refractivity (Wildman–Crippen MR) is 90.6 cm³/mol. The average Bonchev–Trinajstić information content (AvgIpc) is 2.53. The molecule has 0 spiro atoms. The summed E-state index contributed by atoms with van der Waals surface area (Å²) in [5, 5.41) is 16.3. The summed E-state index contributed by atoms with van der Waals surface area (Å²) >= 11 is 0. The number of rotatable bonds is 3. The minimum absolute atomic E-state index is 0.0309. The molecular weight excluding hydrogens is 389 g/mol. The number of carboxylic acids is 1. The third-order valence-electron chi connectivity index (χ3n) is 3.55. The van der Waals surface area contributed by atoms with Gasteiger partial charge in [0.1, 0.15) is 11.9 Å². The number of carboxylic acid groups (broad SMARTS) is 1. The lowest BCUT2D eigenvalue weighted by molar-refractivity contribution is -0.192. The Kier molecular flexibility index (Phi) is 7.55. The molecule has 1 fully saturated rings. The number of sulfonamides is 1. The first-order valence-corrected chi connectivity index (χ1v) is 9.62. The summed E-state index contributed by atoms with van der Waals surface area (Å²) in [5.74, 6) is -2.06. The van der Waals surface area contributed by atoms with Crippen LogP contribution in [0.15, 0.2) is 12.1 Å². The van der Waals surface area contributed by atoms with Crippen LogP contribution in [0.2, 0.25) is 0 Å². The van der Waals surface area contributed by atoms with Gasteiger partial charge in [-0.15, -0.1) is 0 Å². The molecule has 1 saturated heterocycles. The highest BCUT2D eigenvalue weighted by Crippen LogP contribution is 2.22. The molecule has 27 heavy (non-hydrogen) atoms. The quantitative estimate of drug-likeness (QED) is 0.775. The van der Waals surface area contributed by atoms with Crippen LogP contribution in [0, 0.1) is 18.3 Å². The van der Waals surface area contributed by atoms with E-state index in [9.17, 15) is 21.6 Å². The maximum absolute atomic E-state index is 11.2. The van der Waals surface area contributed by atoms with Crippen LogP contribution in [0.4, 0.5) is 19.0 Å². The van der Waals surface area contributed by atoms with Gasteiger partial charge >= 0.3 is 12.1 Å². The number of piperidine rings is 1. The van der Waals surface area contributed by atoms with Gasteiger partial charge in [0.15, 0.2) is 0 Å². The largest absolute Gasteiger partial charge is 0.490 e. The summed E-state index contributed by atoms with van der Waals surface area (Å²) < 4.78 is 56.8. The first kappa shape index (κ1) is 22.7. The molecule has 2 N–H and O–H groups in total. The fourth-order valence-electron chi connectivity index (χ4n) is 2.38. The molecule has 1 aromatic heterocycles. The Balaban J connectivity index is 0.000000445. The van der Waals surface area contributed by atoms with Crippen molar-refractivity contribution in [1.29, 1.82) is 5.26 Å². The lowest BCUT2D eigenvalue weighted by Gasteiger charge is -2.33. The summed E-state index contributed by atoms with van der Waals surface area (Å²) in [7, 11) is -3.16. The van der Waals surface area contributed by atoms with Gasteiger partial charge in [-0.2, -0.15) is 18.4 Å². The number of nitriles is 1. The van der Waals surface area contributed by atoms with Crippen molar-refractivity contribution in [2.45, 2.75) is 32.0 Å². The third-order valence-corrected chi connectivity index (χ3v) is 4.31. The SMILES string of the molecule is Cc1ccc(C#N)c(N2CCC(NS(C)(=O)=O)CC2)n1.O=C(O)C(F)(F)F. The highest BCUT2D eigenvalue weighted by molar-refractivity contribution is 7.88. The Morgan fingerprint density at radius 1 is 1.37 bits per heavy atom. The van der Waals surface area contributed by atoms with Crippen molar-refractivity contribution >= 4 is 21.8 Å². The number of carbonyl (C=O) groups is 1. The second-order valence-electron chi connectivity index (χ2n) is 5.89. The lowest BCUT2D eigenvalue weighted by atomic mass is 10.1. The fourth-order valence-corrected chi connectivity index (χ4v) is 3.22. The van der Waals surface area contributed by atoms with Crippen molar-refractivity contribution in [3.63, 3.8) is 0 Å². The van der Waals surface area contributed by atoms with Gasteiger partial charge in [-0.3, -0.25) is 0 Å². The molecule has 1 aromatic rings. The topological polar surface area (TPSA) is 123 Å². The molecule has 2 heterocycles. The number of hydrogen-bond donors (Lipinski definition) is 2. The summed E-state index contributed by atoms with van der Waals surface area (Å²) in [6.45, 7) is 3.28. The van der Waals surface area contributed by atoms with E-state index in [0.717, 1.165) is 5.69 Å². The zero-order chi connectivity index (χ0) is 20.8. The molecule has 0 amide bonds. The zero-order valence-corrected chi connectivity index (χ0v) is 15.4. The van der Waals surface area contributed by atoms with E-state index in [1.807, 2.05) is 17.9 Å². The van der Waals surface area contributed by atoms with Crippen molar-refractivity contribution in [1.82, 2.24) is 9.71 Å². The molecule has 150 valence electrons. The van der Waals surface area contributed by atoms with E-state index in [0.29, 0.717) is 37.3 Å². The van der Waals surface area contributed by atoms with Crippen LogP contribution < -0.4 is 9.62 Å². The van der Waals surface area contributed by atoms with Crippen molar-refractivity contribution in [2.75, 3.05) is 24.2 Å². The molecule has 8 nitrogen and oxygen atoms in total. The molecule has 0 aromatic carbocycles. The predicted octanol–water partition coefficient (Wildman–Crippen LogP) is 1.41. The van der Waals surface area contributed by atoms with E-state index in [1.165, 1.54) is 6.26 Å². The summed E-state index contributed by atoms with van der Waals surface area (Å²) in [6.07, 6.45) is -2.48. The molecule has 1 aliphatic heterocycles. The molecule has 1 aliphatic rings. The number of pyridine rings is 1. The summed E-state index contributed by atoms with van der Waals surface area (Å²) in [5.41, 5.74) is 1.43. The number of nitrogens with one attached hydrogen (secondary N) is 1. The smallest absolute Gasteiger partial charge is 0.475 e. The molecule has 12 heteroatoms. The van der Waals surface area contributed by atoms with E-state index in [2.05, 4.69) is 15.8 Å². The lowest BCUT2D eigenvalue weighted by Crippen LogP contribution is -2.44. The van der Waals surface area contributed by atoms with Crippen LogP contribution >= 0.6 is 0 Å². The van der Waals surface area contributed by atoms with E-state index in [1.54, 1.807) is 6.07 Å². The Morgan fingerprint density at radius 3 is 2.30 bits per heavy atom. The maximum Gasteiger partial charge on any atom is 0.490 e. The highest BCUT2D eigenvalue weighted by Gasteiger charge is 2.38. The fraction of sp³-hybridized carbons (Fsp3) is 0.533. The van der Waals surface area contributed by atoms with Gasteiger partial charge in [0.2, 0.25) is 10.0 Å². The van der Waals surface area contributed by atoms with Gasteiger partial charge in [0, 0.05) is 24.8 Å². The van der Waals surface area contributed by atoms with Gasteiger partial charge in [-0.1, -0.05) is 0 Å². The van der Waals surface area contributed by atoms with Crippen LogP contribution in [0.5, 0.6) is 0 Å². The van der Waals surface area contributed by atoms with Crippen LogP contribution in [-0.4, -0.2) is 56.0 Å². The second-order valence-corrected chi connectivity index (χ2v) is 7.67. The first-order valence-electron chi connectivity index (χ1n) is 7.73. The number of aryl methyl sites for hydroxylation is 1. The number of halogens is 3. The monoisotopic (exact) mass is 408 g/mol. The molecule has 0 aliphatic carbocycles. The van der Waals surface area contributed by atoms with Gasteiger partial charge < -0.3 is 10.0 Å². The number of hydrogen-bond acceptors (Lipinski definition) is 6. The summed E-state index contributed by atoms with van der Waals surface area (Å²) in [6, 6.07) is 5.72. The number of anilines is 1.